The Hall–Kier alpha value is -3.04. The van der Waals surface area contributed by atoms with Crippen molar-refractivity contribution in [2.24, 2.45) is 0 Å². The third-order valence-electron chi connectivity index (χ3n) is 5.18. The molecule has 2 aliphatic heterocycles. The van der Waals surface area contributed by atoms with Gasteiger partial charge < -0.3 is 28.7 Å². The van der Waals surface area contributed by atoms with E-state index in [2.05, 4.69) is 21.9 Å². The minimum absolute atomic E-state index is 0.00325. The van der Waals surface area contributed by atoms with Gasteiger partial charge >= 0.3 is 5.69 Å². The summed E-state index contributed by atoms with van der Waals surface area (Å²) in [5.41, 5.74) is 2.08. The van der Waals surface area contributed by atoms with E-state index in [-0.39, 0.29) is 11.4 Å². The molecule has 0 atom stereocenters. The Balaban J connectivity index is 0.000000179. The number of nitrogens with zero attached hydrogens (tertiary/aromatic N) is 3. The molecule has 2 fully saturated rings. The van der Waals surface area contributed by atoms with E-state index in [9.17, 15) is 10.1 Å². The molecule has 0 radical (unpaired) electrons. The van der Waals surface area contributed by atoms with Crippen LogP contribution in [0.4, 0.5) is 17.1 Å². The summed E-state index contributed by atoms with van der Waals surface area (Å²) in [7, 11) is 3.11. The molecule has 2 aromatic carbocycles. The summed E-state index contributed by atoms with van der Waals surface area (Å²) in [6.07, 6.45) is 0. The van der Waals surface area contributed by atoms with Crippen molar-refractivity contribution in [2.45, 2.75) is 0 Å². The predicted octanol–water partition coefficient (Wildman–Crippen LogP) is 2.97. The molecule has 0 aromatic heterocycles. The van der Waals surface area contributed by atoms with Gasteiger partial charge in [0, 0.05) is 43.6 Å². The zero-order chi connectivity index (χ0) is 22.1. The maximum atomic E-state index is 10.9. The molecule has 2 aliphatic rings. The molecule has 31 heavy (non-hydrogen) atoms. The first-order chi connectivity index (χ1) is 15.1. The summed E-state index contributed by atoms with van der Waals surface area (Å²) >= 11 is 0. The molecule has 2 saturated heterocycles. The van der Waals surface area contributed by atoms with Crippen molar-refractivity contribution in [3.63, 3.8) is 0 Å². The Bertz CT molecular complexity index is 834. The second-order valence-electron chi connectivity index (χ2n) is 7.01. The second kappa shape index (κ2) is 11.4. The largest absolute Gasteiger partial charge is 0.497 e. The fraction of sp³-hybridized carbons (Fsp3) is 0.455. The van der Waals surface area contributed by atoms with Gasteiger partial charge in [-0.1, -0.05) is 0 Å². The maximum absolute atomic E-state index is 10.9. The van der Waals surface area contributed by atoms with Crippen LogP contribution < -0.4 is 19.3 Å². The third kappa shape index (κ3) is 6.22. The second-order valence-corrected chi connectivity index (χ2v) is 7.01. The minimum Gasteiger partial charge on any atom is -0.497 e. The number of benzene rings is 2. The van der Waals surface area contributed by atoms with E-state index in [0.29, 0.717) is 13.2 Å². The highest BCUT2D eigenvalue weighted by Crippen LogP contribution is 2.31. The van der Waals surface area contributed by atoms with Gasteiger partial charge in [-0.3, -0.25) is 10.1 Å². The van der Waals surface area contributed by atoms with Gasteiger partial charge in [-0.25, -0.2) is 0 Å². The van der Waals surface area contributed by atoms with E-state index in [1.54, 1.807) is 19.2 Å². The smallest absolute Gasteiger partial charge is 0.312 e. The lowest BCUT2D eigenvalue weighted by atomic mass is 10.2. The normalized spacial score (nSPS) is 16.2. The number of hydrogen-bond donors (Lipinski definition) is 0. The molecular weight excluding hydrogens is 402 g/mol. The van der Waals surface area contributed by atoms with Crippen LogP contribution in [-0.2, 0) is 9.47 Å². The summed E-state index contributed by atoms with van der Waals surface area (Å²) < 4.78 is 20.6. The molecule has 0 spiro atoms. The number of rotatable bonds is 5. The molecule has 0 bridgehead atoms. The fourth-order valence-corrected chi connectivity index (χ4v) is 3.45. The quantitative estimate of drug-likeness (QED) is 0.528. The average Bonchev–Trinajstić information content (AvgIpc) is 2.85. The number of nitro groups is 1. The monoisotopic (exact) mass is 431 g/mol. The van der Waals surface area contributed by atoms with Crippen LogP contribution in [0.15, 0.2) is 42.5 Å². The predicted molar refractivity (Wildman–Crippen MR) is 119 cm³/mol. The number of anilines is 2. The molecule has 0 N–H and O–H groups in total. The number of ether oxygens (including phenoxy) is 4. The number of hydrogen-bond acceptors (Lipinski definition) is 8. The number of methoxy groups -OCH3 is 2. The molecule has 0 unspecified atom stereocenters. The average molecular weight is 431 g/mol. The minimum atomic E-state index is -0.428. The summed E-state index contributed by atoms with van der Waals surface area (Å²) in [4.78, 5) is 14.9. The molecule has 9 heteroatoms. The summed E-state index contributed by atoms with van der Waals surface area (Å²) in [6.45, 7) is 6.42. The van der Waals surface area contributed by atoms with Crippen molar-refractivity contribution in [3.05, 3.63) is 52.6 Å². The van der Waals surface area contributed by atoms with Crippen molar-refractivity contribution < 1.29 is 23.9 Å². The van der Waals surface area contributed by atoms with Gasteiger partial charge in [0.25, 0.3) is 0 Å². The van der Waals surface area contributed by atoms with Crippen molar-refractivity contribution in [3.8, 4) is 11.5 Å². The molecule has 0 saturated carbocycles. The van der Waals surface area contributed by atoms with Crippen LogP contribution in [0.2, 0.25) is 0 Å². The van der Waals surface area contributed by atoms with Crippen LogP contribution in [-0.4, -0.2) is 71.7 Å². The van der Waals surface area contributed by atoms with Crippen molar-refractivity contribution >= 4 is 17.1 Å². The molecule has 2 aromatic rings. The Morgan fingerprint density at radius 2 is 1.32 bits per heavy atom. The van der Waals surface area contributed by atoms with Gasteiger partial charge in [-0.15, -0.1) is 0 Å². The van der Waals surface area contributed by atoms with Crippen LogP contribution in [0, 0.1) is 10.1 Å². The van der Waals surface area contributed by atoms with Crippen molar-refractivity contribution in [2.75, 3.05) is 76.6 Å². The Morgan fingerprint density at radius 3 is 1.81 bits per heavy atom. The van der Waals surface area contributed by atoms with E-state index in [4.69, 9.17) is 18.9 Å². The molecule has 4 rings (SSSR count). The number of nitro benzene ring substituents is 1. The molecule has 9 nitrogen and oxygen atoms in total. The summed E-state index contributed by atoms with van der Waals surface area (Å²) in [5.74, 6) is 1.19. The van der Waals surface area contributed by atoms with Gasteiger partial charge in [0.2, 0.25) is 0 Å². The van der Waals surface area contributed by atoms with E-state index in [1.165, 1.54) is 12.8 Å². The first-order valence-electron chi connectivity index (χ1n) is 10.2. The third-order valence-corrected chi connectivity index (χ3v) is 5.18. The first-order valence-corrected chi connectivity index (χ1v) is 10.2. The summed E-state index contributed by atoms with van der Waals surface area (Å²) in [5, 5.41) is 10.9. The van der Waals surface area contributed by atoms with E-state index >= 15 is 0 Å². The lowest BCUT2D eigenvalue weighted by molar-refractivity contribution is -0.385. The molecule has 0 aliphatic carbocycles. The van der Waals surface area contributed by atoms with E-state index in [1.807, 2.05) is 18.2 Å². The van der Waals surface area contributed by atoms with Crippen LogP contribution in [0.25, 0.3) is 0 Å². The number of morpholine rings is 2. The van der Waals surface area contributed by atoms with Gasteiger partial charge in [0.15, 0.2) is 5.75 Å². The lowest BCUT2D eigenvalue weighted by Gasteiger charge is -2.28. The van der Waals surface area contributed by atoms with Crippen LogP contribution in [0.1, 0.15) is 0 Å². The summed E-state index contributed by atoms with van der Waals surface area (Å²) in [6, 6.07) is 13.2. The van der Waals surface area contributed by atoms with E-state index in [0.717, 1.165) is 50.8 Å². The molecule has 2 heterocycles. The van der Waals surface area contributed by atoms with Gasteiger partial charge in [-0.05, 0) is 36.4 Å². The van der Waals surface area contributed by atoms with Gasteiger partial charge in [-0.2, -0.15) is 0 Å². The Labute approximate surface area is 182 Å². The standard InChI is InChI=1S/C11H14N2O4.C11H15NO2/c1-16-11-3-2-9(8-10(11)13(14)15)12-4-6-17-7-5-12;1-13-11-4-2-10(3-5-11)12-6-8-14-9-7-12/h2-3,8H,4-7H2,1H3;2-5H,6-9H2,1H3. The Morgan fingerprint density at radius 1 is 0.806 bits per heavy atom. The van der Waals surface area contributed by atoms with Crippen molar-refractivity contribution in [1.82, 2.24) is 0 Å². The van der Waals surface area contributed by atoms with Crippen LogP contribution in [0.5, 0.6) is 11.5 Å². The topological polar surface area (TPSA) is 86.5 Å². The molecule has 168 valence electrons. The first kappa shape index (κ1) is 22.6. The zero-order valence-corrected chi connectivity index (χ0v) is 18.0. The van der Waals surface area contributed by atoms with Crippen LogP contribution >= 0.6 is 0 Å². The SMILES string of the molecule is COc1ccc(N2CCOCC2)cc1.COc1ccc(N2CCOCC2)cc1[N+](=O)[O-]. The molecular formula is C22H29N3O6. The fourth-order valence-electron chi connectivity index (χ4n) is 3.45. The lowest BCUT2D eigenvalue weighted by Crippen LogP contribution is -2.36. The molecule has 0 amide bonds. The van der Waals surface area contributed by atoms with Gasteiger partial charge in [0.05, 0.1) is 45.6 Å². The zero-order valence-electron chi connectivity index (χ0n) is 18.0. The highest BCUT2D eigenvalue weighted by molar-refractivity contribution is 5.60. The van der Waals surface area contributed by atoms with E-state index < -0.39 is 4.92 Å². The highest BCUT2D eigenvalue weighted by atomic mass is 16.6. The Kier molecular flexibility index (Phi) is 8.31. The highest BCUT2D eigenvalue weighted by Gasteiger charge is 2.19. The van der Waals surface area contributed by atoms with Crippen LogP contribution in [0.3, 0.4) is 0 Å². The van der Waals surface area contributed by atoms with Gasteiger partial charge in [0.1, 0.15) is 5.75 Å². The van der Waals surface area contributed by atoms with Crippen molar-refractivity contribution in [1.29, 1.82) is 0 Å². The maximum Gasteiger partial charge on any atom is 0.312 e.